The number of rotatable bonds is 6. The second-order valence-corrected chi connectivity index (χ2v) is 8.30. The van der Waals surface area contributed by atoms with E-state index in [1.807, 2.05) is 43.3 Å². The lowest BCUT2D eigenvalue weighted by atomic mass is 10.2. The van der Waals surface area contributed by atoms with Crippen molar-refractivity contribution in [2.24, 2.45) is 0 Å². The predicted octanol–water partition coefficient (Wildman–Crippen LogP) is 4.18. The van der Waals surface area contributed by atoms with Crippen LogP contribution in [0.4, 0.5) is 4.79 Å². The van der Waals surface area contributed by atoms with Gasteiger partial charge in [0, 0.05) is 18.5 Å². The Hall–Kier alpha value is -3.17. The highest BCUT2D eigenvalue weighted by Gasteiger charge is 2.34. The molecule has 152 valence electrons. The minimum absolute atomic E-state index is 0.0942. The minimum Gasteiger partial charge on any atom is -0.459 e. The number of thioether (sulfide) groups is 1. The van der Waals surface area contributed by atoms with Crippen molar-refractivity contribution in [2.45, 2.75) is 6.92 Å². The molecule has 3 amide bonds. The van der Waals surface area contributed by atoms with Crippen LogP contribution in [0.2, 0.25) is 0 Å². The van der Waals surface area contributed by atoms with Gasteiger partial charge in [-0.15, -0.1) is 11.3 Å². The Balaban J connectivity index is 1.33. The summed E-state index contributed by atoms with van der Waals surface area (Å²) >= 11 is 2.21. The van der Waals surface area contributed by atoms with E-state index < -0.39 is 0 Å². The van der Waals surface area contributed by atoms with Gasteiger partial charge in [0.1, 0.15) is 11.5 Å². The third kappa shape index (κ3) is 4.37. The van der Waals surface area contributed by atoms with Gasteiger partial charge < -0.3 is 9.73 Å². The van der Waals surface area contributed by atoms with E-state index in [2.05, 4.69) is 10.3 Å². The smallest absolute Gasteiger partial charge is 0.293 e. The first-order valence-electron chi connectivity index (χ1n) is 9.12. The first-order valence-corrected chi connectivity index (χ1v) is 10.8. The van der Waals surface area contributed by atoms with E-state index in [9.17, 15) is 14.4 Å². The fourth-order valence-corrected chi connectivity index (χ4v) is 4.43. The van der Waals surface area contributed by atoms with Crippen LogP contribution in [-0.2, 0) is 4.79 Å². The van der Waals surface area contributed by atoms with E-state index in [4.69, 9.17) is 4.42 Å². The molecular formula is C21H17N3O4S2. The lowest BCUT2D eigenvalue weighted by Gasteiger charge is -2.12. The van der Waals surface area contributed by atoms with Crippen molar-refractivity contribution in [2.75, 3.05) is 13.1 Å². The number of nitrogens with one attached hydrogen (secondary N) is 1. The fraction of sp³-hybridized carbons (Fsp3) is 0.143. The second-order valence-electron chi connectivity index (χ2n) is 6.45. The van der Waals surface area contributed by atoms with Gasteiger partial charge in [0.2, 0.25) is 0 Å². The van der Waals surface area contributed by atoms with Crippen LogP contribution < -0.4 is 5.32 Å². The van der Waals surface area contributed by atoms with E-state index in [0.29, 0.717) is 15.7 Å². The normalized spacial score (nSPS) is 15.2. The number of carbonyl (C=O) groups is 3. The van der Waals surface area contributed by atoms with Gasteiger partial charge in [-0.05, 0) is 42.5 Å². The van der Waals surface area contributed by atoms with Crippen molar-refractivity contribution in [3.63, 3.8) is 0 Å². The molecule has 0 aliphatic carbocycles. The Bertz CT molecular complexity index is 1130. The maximum atomic E-state index is 12.5. The first kappa shape index (κ1) is 20.1. The average Bonchev–Trinajstić information content (AvgIpc) is 3.45. The molecule has 1 N–H and O–H groups in total. The number of hydrogen-bond acceptors (Lipinski definition) is 7. The van der Waals surface area contributed by atoms with Gasteiger partial charge in [-0.25, -0.2) is 4.98 Å². The molecule has 4 rings (SSSR count). The molecule has 7 nitrogen and oxygen atoms in total. The van der Waals surface area contributed by atoms with E-state index >= 15 is 0 Å². The summed E-state index contributed by atoms with van der Waals surface area (Å²) in [5.41, 5.74) is 1.12. The van der Waals surface area contributed by atoms with Crippen molar-refractivity contribution in [3.05, 3.63) is 69.8 Å². The zero-order valence-corrected chi connectivity index (χ0v) is 17.6. The quantitative estimate of drug-likeness (QED) is 0.580. The van der Waals surface area contributed by atoms with Gasteiger partial charge >= 0.3 is 0 Å². The summed E-state index contributed by atoms with van der Waals surface area (Å²) in [7, 11) is 0. The molecule has 0 radical (unpaired) electrons. The number of nitrogens with zero attached hydrogens (tertiary/aromatic N) is 2. The number of hydrogen-bond donors (Lipinski definition) is 1. The van der Waals surface area contributed by atoms with Crippen molar-refractivity contribution in [1.82, 2.24) is 15.2 Å². The molecule has 1 fully saturated rings. The zero-order valence-electron chi connectivity index (χ0n) is 16.0. The molecule has 30 heavy (non-hydrogen) atoms. The number of carbonyl (C=O) groups excluding carboxylic acids is 3. The van der Waals surface area contributed by atoms with Crippen LogP contribution in [0.25, 0.3) is 16.8 Å². The third-order valence-corrected chi connectivity index (χ3v) is 6.04. The summed E-state index contributed by atoms with van der Waals surface area (Å²) in [5.74, 6) is 0.657. The minimum atomic E-state index is -0.368. The van der Waals surface area contributed by atoms with Crippen LogP contribution in [0.5, 0.6) is 0 Å². The Labute approximate surface area is 180 Å². The molecule has 1 aromatic carbocycles. The largest absolute Gasteiger partial charge is 0.459 e. The highest BCUT2D eigenvalue weighted by atomic mass is 32.2. The van der Waals surface area contributed by atoms with Crippen molar-refractivity contribution in [1.29, 1.82) is 0 Å². The Kier molecular flexibility index (Phi) is 5.82. The third-order valence-electron chi connectivity index (χ3n) is 4.28. The molecule has 1 aliphatic heterocycles. The van der Waals surface area contributed by atoms with Gasteiger partial charge in [0.25, 0.3) is 17.1 Å². The SMILES string of the molecule is Cc1ccc(-c2nc(C(=O)NCCN3C(=O)S/C(=C\c4ccccc4)C3=O)cs2)o1. The summed E-state index contributed by atoms with van der Waals surface area (Å²) in [6.45, 7) is 2.07. The number of furan rings is 1. The molecule has 2 aromatic heterocycles. The molecule has 0 unspecified atom stereocenters. The van der Waals surface area contributed by atoms with E-state index in [-0.39, 0.29) is 35.8 Å². The molecule has 1 saturated heterocycles. The molecule has 0 atom stereocenters. The molecule has 3 heterocycles. The molecule has 3 aromatic rings. The summed E-state index contributed by atoms with van der Waals surface area (Å²) < 4.78 is 5.51. The summed E-state index contributed by atoms with van der Waals surface area (Å²) in [6, 6.07) is 13.0. The number of aromatic nitrogens is 1. The van der Waals surface area contributed by atoms with Gasteiger partial charge in [-0.1, -0.05) is 30.3 Å². The van der Waals surface area contributed by atoms with Crippen molar-refractivity contribution < 1.29 is 18.8 Å². The standard InChI is InChI=1S/C21H17N3O4S2/c1-13-7-8-16(28-13)19-23-15(12-29-19)18(25)22-9-10-24-20(26)17(30-21(24)27)11-14-5-3-2-4-6-14/h2-8,11-12H,9-10H2,1H3,(H,22,25)/b17-11-. The van der Waals surface area contributed by atoms with Crippen LogP contribution in [0, 0.1) is 6.92 Å². The lowest BCUT2D eigenvalue weighted by molar-refractivity contribution is -0.122. The molecule has 1 aliphatic rings. The fourth-order valence-electron chi connectivity index (χ4n) is 2.81. The van der Waals surface area contributed by atoms with E-state index in [0.717, 1.165) is 28.0 Å². The number of thiazole rings is 1. The van der Waals surface area contributed by atoms with Gasteiger partial charge in [-0.3, -0.25) is 19.3 Å². The van der Waals surface area contributed by atoms with Crippen LogP contribution in [0.1, 0.15) is 21.8 Å². The van der Waals surface area contributed by atoms with Crippen LogP contribution >= 0.6 is 23.1 Å². The summed E-state index contributed by atoms with van der Waals surface area (Å²) in [6.07, 6.45) is 1.69. The molecule has 0 spiro atoms. The van der Waals surface area contributed by atoms with Gasteiger partial charge in [0.15, 0.2) is 10.8 Å². The number of amides is 3. The topological polar surface area (TPSA) is 92.5 Å². The second kappa shape index (κ2) is 8.68. The molecule has 0 bridgehead atoms. The summed E-state index contributed by atoms with van der Waals surface area (Å²) in [5, 5.41) is 4.61. The Morgan fingerprint density at radius 3 is 2.73 bits per heavy atom. The molecule has 0 saturated carbocycles. The van der Waals surface area contributed by atoms with E-state index in [1.165, 1.54) is 11.3 Å². The Morgan fingerprint density at radius 2 is 2.00 bits per heavy atom. The van der Waals surface area contributed by atoms with Gasteiger partial charge in [0.05, 0.1) is 4.91 Å². The predicted molar refractivity (Wildman–Crippen MR) is 116 cm³/mol. The number of benzene rings is 1. The highest BCUT2D eigenvalue weighted by Crippen LogP contribution is 2.31. The monoisotopic (exact) mass is 439 g/mol. The summed E-state index contributed by atoms with van der Waals surface area (Å²) in [4.78, 5) is 42.8. The van der Waals surface area contributed by atoms with Crippen LogP contribution in [-0.4, -0.2) is 40.0 Å². The zero-order chi connectivity index (χ0) is 21.1. The molecular weight excluding hydrogens is 422 g/mol. The molecule has 9 heteroatoms. The van der Waals surface area contributed by atoms with Crippen LogP contribution in [0.15, 0.2) is 57.2 Å². The maximum absolute atomic E-state index is 12.5. The van der Waals surface area contributed by atoms with Crippen LogP contribution in [0.3, 0.4) is 0 Å². The number of imide groups is 1. The highest BCUT2D eigenvalue weighted by molar-refractivity contribution is 8.18. The lowest BCUT2D eigenvalue weighted by Crippen LogP contribution is -2.37. The van der Waals surface area contributed by atoms with Crippen molar-refractivity contribution >= 4 is 46.2 Å². The van der Waals surface area contributed by atoms with Crippen molar-refractivity contribution in [3.8, 4) is 10.8 Å². The van der Waals surface area contributed by atoms with Gasteiger partial charge in [-0.2, -0.15) is 0 Å². The number of aryl methyl sites for hydroxylation is 1. The average molecular weight is 440 g/mol. The van der Waals surface area contributed by atoms with E-state index in [1.54, 1.807) is 17.5 Å². The maximum Gasteiger partial charge on any atom is 0.293 e. The Morgan fingerprint density at radius 1 is 1.20 bits per heavy atom. The first-order chi connectivity index (χ1) is 14.5.